The number of piperidine rings is 1. The molecule has 160 valence electrons. The van der Waals surface area contributed by atoms with E-state index in [1.54, 1.807) is 20.8 Å². The summed E-state index contributed by atoms with van der Waals surface area (Å²) in [7, 11) is -1.46. The number of hydrogen-bond acceptors (Lipinski definition) is 6. The highest BCUT2D eigenvalue weighted by Gasteiger charge is 2.36. The van der Waals surface area contributed by atoms with Gasteiger partial charge in [-0.3, -0.25) is 9.59 Å². The van der Waals surface area contributed by atoms with Crippen LogP contribution in [0, 0.1) is 11.8 Å². The summed E-state index contributed by atoms with van der Waals surface area (Å²) in [6.45, 7) is 7.47. The number of aliphatic carboxylic acids is 1. The Morgan fingerprint density at radius 3 is 2.39 bits per heavy atom. The van der Waals surface area contributed by atoms with Crippen LogP contribution >= 0.6 is 0 Å². The minimum absolute atomic E-state index is 0.0720. The van der Waals surface area contributed by atoms with E-state index in [-0.39, 0.29) is 24.7 Å². The van der Waals surface area contributed by atoms with Crippen molar-refractivity contribution in [2.45, 2.75) is 71.3 Å². The van der Waals surface area contributed by atoms with E-state index in [4.69, 9.17) is 14.8 Å². The summed E-state index contributed by atoms with van der Waals surface area (Å²) in [4.78, 5) is 38.1. The van der Waals surface area contributed by atoms with Gasteiger partial charge in [0.25, 0.3) is 0 Å². The number of alkyl carbamates (subject to hydrolysis) is 1. The van der Waals surface area contributed by atoms with E-state index in [0.717, 1.165) is 0 Å². The van der Waals surface area contributed by atoms with Crippen LogP contribution in [0.25, 0.3) is 0 Å². The molecule has 1 aliphatic heterocycles. The highest BCUT2D eigenvalue weighted by atomic mass is 16.6. The summed E-state index contributed by atoms with van der Waals surface area (Å²) in [5.41, 5.74) is -0.695. The van der Waals surface area contributed by atoms with Gasteiger partial charge in [0.15, 0.2) is 0 Å². The van der Waals surface area contributed by atoms with E-state index < -0.39 is 36.7 Å². The van der Waals surface area contributed by atoms with Crippen LogP contribution < -0.4 is 5.32 Å². The van der Waals surface area contributed by atoms with Gasteiger partial charge in [-0.1, -0.05) is 19.8 Å². The molecule has 0 aromatic rings. The number of carboxylic acids is 1. The average molecular weight is 400 g/mol. The molecule has 2 amide bonds. The molecule has 1 saturated heterocycles. The van der Waals surface area contributed by atoms with Gasteiger partial charge >= 0.3 is 19.2 Å². The van der Waals surface area contributed by atoms with Gasteiger partial charge in [-0.2, -0.15) is 0 Å². The molecule has 1 rings (SSSR count). The van der Waals surface area contributed by atoms with Crippen molar-refractivity contribution in [3.8, 4) is 0 Å². The van der Waals surface area contributed by atoms with Gasteiger partial charge in [-0.15, -0.1) is 0 Å². The Hall–Kier alpha value is -1.81. The number of amides is 2. The lowest BCUT2D eigenvalue weighted by atomic mass is 9.77. The largest absolute Gasteiger partial charge is 0.481 e. The highest BCUT2D eigenvalue weighted by Crippen LogP contribution is 2.27. The van der Waals surface area contributed by atoms with Crippen molar-refractivity contribution in [3.63, 3.8) is 0 Å². The summed E-state index contributed by atoms with van der Waals surface area (Å²) >= 11 is 0. The number of carboxylic acid groups (broad SMARTS) is 1. The number of rotatable bonds is 8. The minimum Gasteiger partial charge on any atom is -0.481 e. The van der Waals surface area contributed by atoms with Crippen LogP contribution in [0.15, 0.2) is 0 Å². The third-order valence-electron chi connectivity index (χ3n) is 4.60. The van der Waals surface area contributed by atoms with Crippen LogP contribution in [0.5, 0.6) is 0 Å². The number of carbonyl (C=O) groups excluding carboxylic acids is 2. The predicted molar refractivity (Wildman–Crippen MR) is 103 cm³/mol. The van der Waals surface area contributed by atoms with Gasteiger partial charge in [0.1, 0.15) is 11.6 Å². The molecule has 0 spiro atoms. The van der Waals surface area contributed by atoms with Crippen molar-refractivity contribution in [2.24, 2.45) is 11.8 Å². The van der Waals surface area contributed by atoms with Crippen molar-refractivity contribution >= 4 is 25.1 Å². The second kappa shape index (κ2) is 10.7. The van der Waals surface area contributed by atoms with Crippen molar-refractivity contribution in [2.75, 3.05) is 13.1 Å². The fourth-order valence-electron chi connectivity index (χ4n) is 3.37. The number of carbonyl (C=O) groups is 3. The predicted octanol–water partition coefficient (Wildman–Crippen LogP) is 1.09. The second-order valence-corrected chi connectivity index (χ2v) is 8.43. The van der Waals surface area contributed by atoms with Crippen LogP contribution in [0.4, 0.5) is 4.79 Å². The standard InChI is InChI=1S/C18H33BN2O7/c1-5-6-14(20-17(25)28-18(2,3)4)15(22)21-10-12(7-8-19(26)27)9-13(11-21)16(23)24/h12-14,26-27H,5-11H2,1-4H3,(H,20,25)(H,23,24)/t12-,13-,14-/m0/s1. The molecular formula is C18H33BN2O7. The molecule has 0 aromatic heterocycles. The van der Waals surface area contributed by atoms with Crippen LogP contribution in [0.2, 0.25) is 6.32 Å². The van der Waals surface area contributed by atoms with Gasteiger partial charge in [0, 0.05) is 13.1 Å². The molecule has 4 N–H and O–H groups in total. The quantitative estimate of drug-likeness (QED) is 0.448. The van der Waals surface area contributed by atoms with Crippen LogP contribution in [0.1, 0.15) is 53.4 Å². The van der Waals surface area contributed by atoms with Crippen molar-refractivity contribution < 1.29 is 34.3 Å². The fourth-order valence-corrected chi connectivity index (χ4v) is 3.37. The molecule has 28 heavy (non-hydrogen) atoms. The van der Waals surface area contributed by atoms with Crippen LogP contribution in [0.3, 0.4) is 0 Å². The van der Waals surface area contributed by atoms with E-state index in [1.807, 2.05) is 6.92 Å². The second-order valence-electron chi connectivity index (χ2n) is 8.43. The highest BCUT2D eigenvalue weighted by molar-refractivity contribution is 6.40. The fraction of sp³-hybridized carbons (Fsp3) is 0.833. The first-order valence-corrected chi connectivity index (χ1v) is 9.80. The molecule has 0 unspecified atom stereocenters. The van der Waals surface area contributed by atoms with E-state index in [2.05, 4.69) is 5.32 Å². The van der Waals surface area contributed by atoms with Gasteiger partial charge in [-0.25, -0.2) is 4.79 Å². The summed E-state index contributed by atoms with van der Waals surface area (Å²) in [6, 6.07) is -0.795. The molecule has 10 heteroatoms. The van der Waals surface area contributed by atoms with Crippen LogP contribution in [-0.4, -0.2) is 69.9 Å². The summed E-state index contributed by atoms with van der Waals surface area (Å²) in [5, 5.41) is 30.2. The lowest BCUT2D eigenvalue weighted by Gasteiger charge is -2.38. The maximum Gasteiger partial charge on any atom is 0.451 e. The van der Waals surface area contributed by atoms with Crippen molar-refractivity contribution in [1.29, 1.82) is 0 Å². The van der Waals surface area contributed by atoms with E-state index in [1.165, 1.54) is 4.90 Å². The Balaban J connectivity index is 2.86. The summed E-state index contributed by atoms with van der Waals surface area (Å²) < 4.78 is 5.23. The molecule has 1 heterocycles. The third kappa shape index (κ3) is 8.47. The first-order chi connectivity index (χ1) is 12.9. The van der Waals surface area contributed by atoms with Crippen molar-refractivity contribution in [3.05, 3.63) is 0 Å². The number of likely N-dealkylation sites (tertiary alicyclic amines) is 1. The molecule has 9 nitrogen and oxygen atoms in total. The molecule has 0 aliphatic carbocycles. The molecule has 1 aliphatic rings. The Morgan fingerprint density at radius 2 is 1.89 bits per heavy atom. The molecule has 1 fully saturated rings. The average Bonchev–Trinajstić information content (AvgIpc) is 2.57. The molecule has 3 atom stereocenters. The number of hydrogen-bond donors (Lipinski definition) is 4. The Morgan fingerprint density at radius 1 is 1.25 bits per heavy atom. The summed E-state index contributed by atoms with van der Waals surface area (Å²) in [6.07, 6.45) is 1.28. The van der Waals surface area contributed by atoms with Crippen LogP contribution in [-0.2, 0) is 14.3 Å². The van der Waals surface area contributed by atoms with Gasteiger partial charge in [0.2, 0.25) is 5.91 Å². The van der Waals surface area contributed by atoms with Gasteiger partial charge in [0.05, 0.1) is 5.92 Å². The normalized spacial score (nSPS) is 21.0. The monoisotopic (exact) mass is 400 g/mol. The molecular weight excluding hydrogens is 367 g/mol. The zero-order valence-corrected chi connectivity index (χ0v) is 17.2. The van der Waals surface area contributed by atoms with E-state index in [9.17, 15) is 19.5 Å². The van der Waals surface area contributed by atoms with Crippen molar-refractivity contribution in [1.82, 2.24) is 10.2 Å². The van der Waals surface area contributed by atoms with E-state index in [0.29, 0.717) is 32.2 Å². The maximum absolute atomic E-state index is 13.0. The Bertz CT molecular complexity index is 551. The lowest BCUT2D eigenvalue weighted by molar-refractivity contribution is -0.147. The Kier molecular flexibility index (Phi) is 9.23. The lowest BCUT2D eigenvalue weighted by Crippen LogP contribution is -2.54. The molecule has 0 radical (unpaired) electrons. The third-order valence-corrected chi connectivity index (χ3v) is 4.60. The molecule has 0 aromatic carbocycles. The topological polar surface area (TPSA) is 136 Å². The van der Waals surface area contributed by atoms with E-state index >= 15 is 0 Å². The zero-order valence-electron chi connectivity index (χ0n) is 17.2. The molecule has 0 bridgehead atoms. The number of nitrogens with one attached hydrogen (secondary N) is 1. The zero-order chi connectivity index (χ0) is 21.5. The van der Waals surface area contributed by atoms with Gasteiger partial charge < -0.3 is 30.1 Å². The first kappa shape index (κ1) is 24.2. The van der Waals surface area contributed by atoms with Gasteiger partial charge in [-0.05, 0) is 45.9 Å². The maximum atomic E-state index is 13.0. The molecule has 0 saturated carbocycles. The SMILES string of the molecule is CCC[C@H](NC(=O)OC(C)(C)C)C(=O)N1C[C@@H](CCB(O)O)C[C@H](C(=O)O)C1. The minimum atomic E-state index is -1.46. The Labute approximate surface area is 166 Å². The smallest absolute Gasteiger partial charge is 0.451 e. The number of ether oxygens (including phenoxy) is 1. The number of nitrogens with zero attached hydrogens (tertiary/aromatic N) is 1. The first-order valence-electron chi connectivity index (χ1n) is 9.80. The summed E-state index contributed by atoms with van der Waals surface area (Å²) in [5.74, 6) is -2.20.